The molecule has 0 saturated carbocycles. The van der Waals surface area contributed by atoms with Gasteiger partial charge in [0.1, 0.15) is 0 Å². The van der Waals surface area contributed by atoms with Crippen molar-refractivity contribution in [2.45, 2.75) is 19.9 Å². The first-order valence-electron chi connectivity index (χ1n) is 7.28. The van der Waals surface area contributed by atoms with Crippen LogP contribution in [-0.4, -0.2) is 17.1 Å². The number of anilines is 1. The van der Waals surface area contributed by atoms with Crippen LogP contribution in [0.2, 0.25) is 5.02 Å². The Morgan fingerprint density at radius 3 is 2.38 bits per heavy atom. The van der Waals surface area contributed by atoms with Gasteiger partial charge < -0.3 is 10.6 Å². The molecule has 0 radical (unpaired) electrons. The molecule has 0 fully saturated rings. The maximum atomic E-state index is 12.1. The minimum absolute atomic E-state index is 0.267. The van der Waals surface area contributed by atoms with Gasteiger partial charge in [0, 0.05) is 16.3 Å². The molecule has 0 aliphatic heterocycles. The molecule has 2 rings (SSSR count). The molecule has 0 aliphatic carbocycles. The second kappa shape index (κ2) is 7.81. The maximum absolute atomic E-state index is 12.1. The van der Waals surface area contributed by atoms with Gasteiger partial charge in [0.25, 0.3) is 5.91 Å². The predicted octanol–water partition coefficient (Wildman–Crippen LogP) is 3.65. The summed E-state index contributed by atoms with van der Waals surface area (Å²) in [5, 5.41) is 14.7. The van der Waals surface area contributed by atoms with E-state index in [2.05, 4.69) is 10.6 Å². The monoisotopic (exact) mass is 347 g/mol. The van der Waals surface area contributed by atoms with Crippen molar-refractivity contribution >= 4 is 29.2 Å². The molecule has 1 atom stereocenters. The molecule has 0 spiro atoms. The van der Waals surface area contributed by atoms with Crippen molar-refractivity contribution in [3.63, 3.8) is 0 Å². The Hall–Kier alpha value is -2.57. The number of halogens is 1. The third-order valence-electron chi connectivity index (χ3n) is 3.55. The van der Waals surface area contributed by atoms with Gasteiger partial charge in [-0.15, -0.1) is 0 Å². The van der Waals surface area contributed by atoms with Crippen molar-refractivity contribution in [2.24, 2.45) is 0 Å². The molecule has 1 unspecified atom stereocenters. The van der Waals surface area contributed by atoms with Crippen molar-refractivity contribution in [3.8, 4) is 0 Å². The number of hydroxylamine groups is 1. The van der Waals surface area contributed by atoms with Crippen LogP contribution in [0.5, 0.6) is 0 Å². The zero-order chi connectivity index (χ0) is 17.7. The number of benzene rings is 2. The molecule has 0 aliphatic rings. The molecular formula is C17H18ClN3O3. The molecule has 0 heterocycles. The van der Waals surface area contributed by atoms with E-state index >= 15 is 0 Å². The Morgan fingerprint density at radius 1 is 1.12 bits per heavy atom. The number of nitrogens with one attached hydrogen (secondary N) is 3. The van der Waals surface area contributed by atoms with E-state index in [4.69, 9.17) is 16.8 Å². The molecular weight excluding hydrogens is 330 g/mol. The highest BCUT2D eigenvalue weighted by Crippen LogP contribution is 2.20. The smallest absolute Gasteiger partial charge is 0.319 e. The molecule has 0 aromatic heterocycles. The number of carbonyl (C=O) groups excluding carboxylic acids is 2. The Balaban J connectivity index is 1.98. The first-order chi connectivity index (χ1) is 11.4. The zero-order valence-corrected chi connectivity index (χ0v) is 14.0. The van der Waals surface area contributed by atoms with Crippen LogP contribution < -0.4 is 16.1 Å². The van der Waals surface area contributed by atoms with Crippen LogP contribution in [0.4, 0.5) is 10.5 Å². The summed E-state index contributed by atoms with van der Waals surface area (Å²) in [4.78, 5) is 23.3. The molecule has 2 aromatic carbocycles. The summed E-state index contributed by atoms with van der Waals surface area (Å²) in [5.74, 6) is -0.587. The molecule has 0 saturated heterocycles. The highest BCUT2D eigenvalue weighted by Gasteiger charge is 2.11. The second-order valence-corrected chi connectivity index (χ2v) is 5.75. The Morgan fingerprint density at radius 2 is 1.79 bits per heavy atom. The first kappa shape index (κ1) is 17.8. The van der Waals surface area contributed by atoms with E-state index in [0.29, 0.717) is 16.3 Å². The van der Waals surface area contributed by atoms with Crippen molar-refractivity contribution in [3.05, 3.63) is 64.2 Å². The van der Waals surface area contributed by atoms with E-state index in [1.807, 2.05) is 19.9 Å². The largest absolute Gasteiger partial charge is 0.331 e. The second-order valence-electron chi connectivity index (χ2n) is 5.35. The summed E-state index contributed by atoms with van der Waals surface area (Å²) in [6, 6.07) is 11.2. The van der Waals surface area contributed by atoms with Gasteiger partial charge in [0.15, 0.2) is 0 Å². The number of amides is 3. The van der Waals surface area contributed by atoms with Crippen LogP contribution in [0.3, 0.4) is 0 Å². The van der Waals surface area contributed by atoms with Crippen LogP contribution >= 0.6 is 11.6 Å². The average Bonchev–Trinajstić information content (AvgIpc) is 2.57. The lowest BCUT2D eigenvalue weighted by atomic mass is 10.1. The molecule has 126 valence electrons. The highest BCUT2D eigenvalue weighted by molar-refractivity contribution is 6.31. The minimum Gasteiger partial charge on any atom is -0.331 e. The number of hydrogen-bond acceptors (Lipinski definition) is 3. The van der Waals surface area contributed by atoms with Crippen LogP contribution in [0, 0.1) is 6.92 Å². The molecule has 3 amide bonds. The van der Waals surface area contributed by atoms with E-state index in [9.17, 15) is 9.59 Å². The van der Waals surface area contributed by atoms with Gasteiger partial charge in [-0.1, -0.05) is 29.8 Å². The van der Waals surface area contributed by atoms with Crippen molar-refractivity contribution in [1.29, 1.82) is 0 Å². The third-order valence-corrected chi connectivity index (χ3v) is 3.96. The van der Waals surface area contributed by atoms with Gasteiger partial charge in [-0.05, 0) is 49.2 Å². The summed E-state index contributed by atoms with van der Waals surface area (Å²) in [7, 11) is 0. The van der Waals surface area contributed by atoms with Gasteiger partial charge in [-0.3, -0.25) is 10.0 Å². The molecule has 0 bridgehead atoms. The third kappa shape index (κ3) is 4.47. The van der Waals surface area contributed by atoms with Gasteiger partial charge >= 0.3 is 6.03 Å². The fourth-order valence-corrected chi connectivity index (χ4v) is 2.29. The topological polar surface area (TPSA) is 90.5 Å². The van der Waals surface area contributed by atoms with Crippen LogP contribution in [0.15, 0.2) is 42.5 Å². The molecule has 4 N–H and O–H groups in total. The Bertz CT molecular complexity index is 747. The molecule has 2 aromatic rings. The van der Waals surface area contributed by atoms with Gasteiger partial charge in [-0.2, -0.15) is 0 Å². The van der Waals surface area contributed by atoms with Crippen molar-refractivity contribution in [2.75, 3.05) is 5.32 Å². The van der Waals surface area contributed by atoms with Crippen molar-refractivity contribution in [1.82, 2.24) is 10.8 Å². The average molecular weight is 348 g/mol. The number of urea groups is 1. The highest BCUT2D eigenvalue weighted by atomic mass is 35.5. The number of hydrogen-bond donors (Lipinski definition) is 4. The van der Waals surface area contributed by atoms with E-state index in [1.165, 1.54) is 0 Å². The van der Waals surface area contributed by atoms with Crippen LogP contribution in [0.1, 0.15) is 34.5 Å². The van der Waals surface area contributed by atoms with Gasteiger partial charge in [-0.25, -0.2) is 10.3 Å². The van der Waals surface area contributed by atoms with E-state index in [1.54, 1.807) is 41.9 Å². The molecule has 7 heteroatoms. The van der Waals surface area contributed by atoms with E-state index in [0.717, 1.165) is 11.1 Å². The van der Waals surface area contributed by atoms with Gasteiger partial charge in [0.2, 0.25) is 0 Å². The number of aryl methyl sites for hydroxylation is 1. The van der Waals surface area contributed by atoms with Crippen LogP contribution in [-0.2, 0) is 0 Å². The molecule has 24 heavy (non-hydrogen) atoms. The lowest BCUT2D eigenvalue weighted by Crippen LogP contribution is -2.31. The predicted molar refractivity (Wildman–Crippen MR) is 92.5 cm³/mol. The summed E-state index contributed by atoms with van der Waals surface area (Å²) < 4.78 is 0. The zero-order valence-electron chi connectivity index (χ0n) is 13.3. The Kier molecular flexibility index (Phi) is 5.78. The van der Waals surface area contributed by atoms with E-state index < -0.39 is 5.91 Å². The molecule has 6 nitrogen and oxygen atoms in total. The maximum Gasteiger partial charge on any atom is 0.319 e. The van der Waals surface area contributed by atoms with Crippen LogP contribution in [0.25, 0.3) is 0 Å². The fourth-order valence-electron chi connectivity index (χ4n) is 2.11. The number of carbonyl (C=O) groups is 2. The summed E-state index contributed by atoms with van der Waals surface area (Å²) in [6.45, 7) is 3.71. The van der Waals surface area contributed by atoms with E-state index in [-0.39, 0.29) is 12.1 Å². The minimum atomic E-state index is -0.587. The standard InChI is InChI=1S/C17H18ClN3O3/c1-10-3-8-14(9-15(10)18)20-17(23)19-11(2)12-4-6-13(7-5-12)16(22)21-24/h3-9,11,24H,1-2H3,(H,21,22)(H2,19,20,23). The lowest BCUT2D eigenvalue weighted by molar-refractivity contribution is 0.0706. The normalized spacial score (nSPS) is 11.5. The quantitative estimate of drug-likeness (QED) is 0.502. The fraction of sp³-hybridized carbons (Fsp3) is 0.176. The lowest BCUT2D eigenvalue weighted by Gasteiger charge is -2.15. The summed E-state index contributed by atoms with van der Waals surface area (Å²) in [6.07, 6.45) is 0. The first-order valence-corrected chi connectivity index (χ1v) is 7.66. The van der Waals surface area contributed by atoms with Gasteiger partial charge in [0.05, 0.1) is 6.04 Å². The summed E-state index contributed by atoms with van der Waals surface area (Å²) in [5.41, 5.74) is 4.25. The van der Waals surface area contributed by atoms with Crippen molar-refractivity contribution < 1.29 is 14.8 Å². The Labute approximate surface area is 144 Å². The SMILES string of the molecule is Cc1ccc(NC(=O)NC(C)c2ccc(C(=O)NO)cc2)cc1Cl. The summed E-state index contributed by atoms with van der Waals surface area (Å²) >= 11 is 6.03. The number of rotatable bonds is 4.